The number of para-hydroxylation sites is 2. The van der Waals surface area contributed by atoms with Crippen molar-refractivity contribution in [2.24, 2.45) is 0 Å². The maximum absolute atomic E-state index is 11.9. The summed E-state index contributed by atoms with van der Waals surface area (Å²) < 4.78 is 11.1. The predicted octanol–water partition coefficient (Wildman–Crippen LogP) is 3.58. The number of benzene rings is 2. The molecule has 8 nitrogen and oxygen atoms in total. The minimum atomic E-state index is -0.603. The number of rotatable bonds is 7. The Hall–Kier alpha value is -3.33. The Morgan fingerprint density at radius 3 is 2.61 bits per heavy atom. The van der Waals surface area contributed by atoms with Crippen molar-refractivity contribution in [3.8, 4) is 17.2 Å². The molecule has 0 saturated heterocycles. The first-order valence-corrected chi connectivity index (χ1v) is 9.48. The zero-order valence-electron chi connectivity index (χ0n) is 15.0. The largest absolute Gasteiger partial charge is 0.493 e. The van der Waals surface area contributed by atoms with Crippen LogP contribution in [0.25, 0.3) is 11.5 Å². The number of imide groups is 1. The van der Waals surface area contributed by atoms with E-state index < -0.39 is 11.9 Å². The van der Waals surface area contributed by atoms with Crippen molar-refractivity contribution in [2.45, 2.75) is 12.1 Å². The van der Waals surface area contributed by atoms with Crippen LogP contribution in [-0.2, 0) is 4.79 Å². The topological polar surface area (TPSA) is 106 Å². The second-order valence-corrected chi connectivity index (χ2v) is 6.39. The highest BCUT2D eigenvalue weighted by Crippen LogP contribution is 2.30. The van der Waals surface area contributed by atoms with Crippen molar-refractivity contribution in [3.63, 3.8) is 0 Å². The van der Waals surface area contributed by atoms with Crippen LogP contribution in [0.5, 0.6) is 5.75 Å². The third-order valence-electron chi connectivity index (χ3n) is 3.44. The van der Waals surface area contributed by atoms with Crippen LogP contribution in [0.3, 0.4) is 0 Å². The number of amides is 3. The number of ether oxygens (including phenoxy) is 1. The molecule has 0 fully saturated rings. The molecule has 1 aromatic heterocycles. The van der Waals surface area contributed by atoms with E-state index in [1.807, 2.05) is 37.3 Å². The number of hydrogen-bond acceptors (Lipinski definition) is 7. The highest BCUT2D eigenvalue weighted by molar-refractivity contribution is 7.99. The molecule has 3 amide bonds. The Morgan fingerprint density at radius 2 is 1.82 bits per heavy atom. The summed E-state index contributed by atoms with van der Waals surface area (Å²) in [6.45, 7) is 2.40. The van der Waals surface area contributed by atoms with Crippen molar-refractivity contribution < 1.29 is 18.7 Å². The van der Waals surface area contributed by atoms with Gasteiger partial charge in [-0.2, -0.15) is 0 Å². The zero-order chi connectivity index (χ0) is 19.8. The fourth-order valence-corrected chi connectivity index (χ4v) is 2.84. The Bertz CT molecular complexity index is 946. The molecule has 3 rings (SSSR count). The van der Waals surface area contributed by atoms with Gasteiger partial charge < -0.3 is 14.5 Å². The molecule has 0 radical (unpaired) electrons. The molecule has 3 aromatic rings. The molecule has 144 valence electrons. The van der Waals surface area contributed by atoms with Gasteiger partial charge in [-0.15, -0.1) is 10.2 Å². The summed E-state index contributed by atoms with van der Waals surface area (Å²) in [5, 5.41) is 13.0. The van der Waals surface area contributed by atoms with Gasteiger partial charge in [0.25, 0.3) is 11.1 Å². The molecule has 0 spiro atoms. The van der Waals surface area contributed by atoms with Crippen LogP contribution >= 0.6 is 11.8 Å². The van der Waals surface area contributed by atoms with Gasteiger partial charge in [0.1, 0.15) is 5.75 Å². The van der Waals surface area contributed by atoms with Gasteiger partial charge in [-0.05, 0) is 31.2 Å². The van der Waals surface area contributed by atoms with Crippen LogP contribution in [0.1, 0.15) is 6.92 Å². The Balaban J connectivity index is 1.53. The summed E-state index contributed by atoms with van der Waals surface area (Å²) in [5.41, 5.74) is 1.27. The van der Waals surface area contributed by atoms with E-state index in [2.05, 4.69) is 20.8 Å². The third kappa shape index (κ3) is 5.34. The lowest BCUT2D eigenvalue weighted by Crippen LogP contribution is -2.35. The molecule has 2 aromatic carbocycles. The van der Waals surface area contributed by atoms with Gasteiger partial charge in [-0.1, -0.05) is 42.1 Å². The maximum Gasteiger partial charge on any atom is 0.325 e. The molecule has 0 aliphatic carbocycles. The molecule has 0 unspecified atom stereocenters. The van der Waals surface area contributed by atoms with Gasteiger partial charge in [-0.3, -0.25) is 10.1 Å². The lowest BCUT2D eigenvalue weighted by atomic mass is 10.2. The summed E-state index contributed by atoms with van der Waals surface area (Å²) in [6, 6.07) is 15.6. The normalized spacial score (nSPS) is 10.3. The number of carbonyl (C=O) groups excluding carboxylic acids is 2. The van der Waals surface area contributed by atoms with Crippen LogP contribution in [0.15, 0.2) is 64.2 Å². The monoisotopic (exact) mass is 398 g/mol. The van der Waals surface area contributed by atoms with Crippen molar-refractivity contribution in [2.75, 3.05) is 17.7 Å². The first-order chi connectivity index (χ1) is 13.7. The minimum Gasteiger partial charge on any atom is -0.493 e. The number of urea groups is 1. The van der Waals surface area contributed by atoms with Crippen LogP contribution in [0.2, 0.25) is 0 Å². The SMILES string of the molecule is CCOc1ccccc1-c1nnc(SCC(=O)NC(=O)Nc2ccccc2)o1. The van der Waals surface area contributed by atoms with E-state index in [1.165, 1.54) is 0 Å². The number of carbonyl (C=O) groups is 2. The summed E-state index contributed by atoms with van der Waals surface area (Å²) in [5.74, 6) is 0.416. The molecular formula is C19H18N4O4S. The molecule has 2 N–H and O–H groups in total. The number of thioether (sulfide) groups is 1. The molecule has 28 heavy (non-hydrogen) atoms. The highest BCUT2D eigenvalue weighted by Gasteiger charge is 2.15. The van der Waals surface area contributed by atoms with Crippen LogP contribution in [-0.4, -0.2) is 34.5 Å². The van der Waals surface area contributed by atoms with Crippen molar-refractivity contribution in [1.29, 1.82) is 0 Å². The molecule has 9 heteroatoms. The molecule has 0 bridgehead atoms. The number of hydrogen-bond donors (Lipinski definition) is 2. The van der Waals surface area contributed by atoms with E-state index in [0.717, 1.165) is 11.8 Å². The first kappa shape index (κ1) is 19.4. The fraction of sp³-hybridized carbons (Fsp3) is 0.158. The van der Waals surface area contributed by atoms with Crippen LogP contribution in [0.4, 0.5) is 10.5 Å². The second-order valence-electron chi connectivity index (χ2n) is 5.46. The van der Waals surface area contributed by atoms with E-state index in [9.17, 15) is 9.59 Å². The summed E-state index contributed by atoms with van der Waals surface area (Å²) in [7, 11) is 0. The summed E-state index contributed by atoms with van der Waals surface area (Å²) in [4.78, 5) is 23.7. The number of nitrogens with zero attached hydrogens (tertiary/aromatic N) is 2. The van der Waals surface area contributed by atoms with Gasteiger partial charge in [0.15, 0.2) is 0 Å². The Morgan fingerprint density at radius 1 is 1.07 bits per heavy atom. The molecule has 0 saturated carbocycles. The molecule has 0 aliphatic rings. The highest BCUT2D eigenvalue weighted by atomic mass is 32.2. The van der Waals surface area contributed by atoms with E-state index in [0.29, 0.717) is 29.5 Å². The third-order valence-corrected chi connectivity index (χ3v) is 4.25. The second kappa shape index (κ2) is 9.56. The van der Waals surface area contributed by atoms with E-state index in [4.69, 9.17) is 9.15 Å². The molecule has 1 heterocycles. The van der Waals surface area contributed by atoms with Gasteiger partial charge in [0, 0.05) is 5.69 Å². The standard InChI is InChI=1S/C19H18N4O4S/c1-2-26-15-11-7-6-10-14(15)17-22-23-19(27-17)28-12-16(24)21-18(25)20-13-8-4-3-5-9-13/h3-11H,2,12H2,1H3,(H2,20,21,24,25). The van der Waals surface area contributed by atoms with E-state index in [1.54, 1.807) is 24.3 Å². The smallest absolute Gasteiger partial charge is 0.325 e. The molecular weight excluding hydrogens is 380 g/mol. The Labute approximate surface area is 165 Å². The molecule has 0 atom stereocenters. The fourth-order valence-electron chi connectivity index (χ4n) is 2.28. The first-order valence-electron chi connectivity index (χ1n) is 8.50. The van der Waals surface area contributed by atoms with Gasteiger partial charge >= 0.3 is 6.03 Å². The average Bonchev–Trinajstić information content (AvgIpc) is 3.17. The number of nitrogens with one attached hydrogen (secondary N) is 2. The maximum atomic E-state index is 11.9. The quantitative estimate of drug-likeness (QED) is 0.586. The lowest BCUT2D eigenvalue weighted by Gasteiger charge is -2.06. The number of aromatic nitrogens is 2. The van der Waals surface area contributed by atoms with Gasteiger partial charge in [0.2, 0.25) is 5.91 Å². The lowest BCUT2D eigenvalue weighted by molar-refractivity contribution is -0.117. The predicted molar refractivity (Wildman–Crippen MR) is 105 cm³/mol. The summed E-state index contributed by atoms with van der Waals surface area (Å²) in [6.07, 6.45) is 0. The average molecular weight is 398 g/mol. The van der Waals surface area contributed by atoms with Crippen molar-refractivity contribution in [1.82, 2.24) is 15.5 Å². The zero-order valence-corrected chi connectivity index (χ0v) is 15.9. The van der Waals surface area contributed by atoms with E-state index in [-0.39, 0.29) is 11.0 Å². The van der Waals surface area contributed by atoms with Crippen LogP contribution < -0.4 is 15.4 Å². The van der Waals surface area contributed by atoms with Crippen molar-refractivity contribution >= 4 is 29.4 Å². The van der Waals surface area contributed by atoms with Crippen molar-refractivity contribution in [3.05, 3.63) is 54.6 Å². The Kier molecular flexibility index (Phi) is 6.64. The minimum absolute atomic E-state index is 0.0447. The van der Waals surface area contributed by atoms with Crippen LogP contribution in [0, 0.1) is 0 Å². The van der Waals surface area contributed by atoms with E-state index >= 15 is 0 Å². The summed E-state index contributed by atoms with van der Waals surface area (Å²) >= 11 is 1.04. The molecule has 0 aliphatic heterocycles. The van der Waals surface area contributed by atoms with Gasteiger partial charge in [0.05, 0.1) is 17.9 Å². The number of anilines is 1. The van der Waals surface area contributed by atoms with Gasteiger partial charge in [-0.25, -0.2) is 4.79 Å².